The van der Waals surface area contributed by atoms with Crippen LogP contribution in [0.2, 0.25) is 0 Å². The molecule has 6 nitrogen and oxygen atoms in total. The summed E-state index contributed by atoms with van der Waals surface area (Å²) in [6.45, 7) is 2.00. The molecule has 0 saturated carbocycles. The minimum atomic E-state index is -0.904. The summed E-state index contributed by atoms with van der Waals surface area (Å²) in [5.74, 6) is 0.782. The van der Waals surface area contributed by atoms with Crippen molar-refractivity contribution in [2.75, 3.05) is 20.8 Å². The van der Waals surface area contributed by atoms with E-state index in [0.29, 0.717) is 17.1 Å². The second-order valence-corrected chi connectivity index (χ2v) is 5.80. The van der Waals surface area contributed by atoms with Crippen molar-refractivity contribution in [3.63, 3.8) is 0 Å². The van der Waals surface area contributed by atoms with Crippen LogP contribution in [0.4, 0.5) is 0 Å². The van der Waals surface area contributed by atoms with Crippen molar-refractivity contribution in [3.8, 4) is 11.5 Å². The number of amides is 1. The van der Waals surface area contributed by atoms with Crippen LogP contribution in [0.15, 0.2) is 42.5 Å². The topological polar surface area (TPSA) is 93.8 Å². The van der Waals surface area contributed by atoms with E-state index in [2.05, 4.69) is 5.32 Å². The molecule has 0 heterocycles. The van der Waals surface area contributed by atoms with Gasteiger partial charge < -0.3 is 25.6 Å². The van der Waals surface area contributed by atoms with E-state index in [1.807, 2.05) is 31.2 Å². The predicted octanol–water partition coefficient (Wildman–Crippen LogP) is 2.28. The molecule has 2 unspecified atom stereocenters. The number of nitrogens with two attached hydrogens (primary N) is 1. The Morgan fingerprint density at radius 2 is 1.62 bits per heavy atom. The zero-order chi connectivity index (χ0) is 18.4. The van der Waals surface area contributed by atoms with E-state index >= 15 is 0 Å². The summed E-state index contributed by atoms with van der Waals surface area (Å²) in [4.78, 5) is 12.2. The molecule has 0 fully saturated rings. The van der Waals surface area contributed by atoms with E-state index < -0.39 is 12.1 Å². The number of carbonyl (C=O) groups is 1. The van der Waals surface area contributed by atoms with Crippen LogP contribution in [0.1, 0.15) is 28.8 Å². The van der Waals surface area contributed by atoms with E-state index in [1.165, 1.54) is 14.2 Å². The molecule has 0 aliphatic rings. The third-order valence-corrected chi connectivity index (χ3v) is 3.95. The Kier molecular flexibility index (Phi) is 8.38. The minimum absolute atomic E-state index is 0. The van der Waals surface area contributed by atoms with Crippen LogP contribution < -0.4 is 20.5 Å². The molecule has 0 radical (unpaired) electrons. The van der Waals surface area contributed by atoms with Crippen molar-refractivity contribution in [2.24, 2.45) is 5.73 Å². The summed E-state index contributed by atoms with van der Waals surface area (Å²) < 4.78 is 10.4. The molecule has 0 aliphatic heterocycles. The molecule has 142 valence electrons. The van der Waals surface area contributed by atoms with Crippen LogP contribution in [0.25, 0.3) is 0 Å². The Morgan fingerprint density at radius 3 is 2.12 bits per heavy atom. The second kappa shape index (κ2) is 10.0. The number of carbonyl (C=O) groups excluding carboxylic acids is 1. The normalized spacial score (nSPS) is 12.5. The first-order chi connectivity index (χ1) is 11.9. The van der Waals surface area contributed by atoms with Crippen LogP contribution in [0, 0.1) is 6.92 Å². The van der Waals surface area contributed by atoms with Crippen molar-refractivity contribution >= 4 is 18.3 Å². The molecule has 2 aromatic rings. The van der Waals surface area contributed by atoms with Gasteiger partial charge in [0.05, 0.1) is 20.3 Å². The molecule has 26 heavy (non-hydrogen) atoms. The summed E-state index contributed by atoms with van der Waals surface area (Å²) in [6.07, 6.45) is -0.904. The summed E-state index contributed by atoms with van der Waals surface area (Å²) in [5.41, 5.74) is 8.37. The van der Waals surface area contributed by atoms with Gasteiger partial charge in [-0.1, -0.05) is 29.8 Å². The van der Waals surface area contributed by atoms with Crippen molar-refractivity contribution in [2.45, 2.75) is 19.1 Å². The van der Waals surface area contributed by atoms with Gasteiger partial charge in [0.2, 0.25) is 5.91 Å². The number of hydrogen-bond donors (Lipinski definition) is 3. The zero-order valence-corrected chi connectivity index (χ0v) is 15.9. The average Bonchev–Trinajstić information content (AvgIpc) is 2.65. The molecule has 0 bridgehead atoms. The molecule has 0 aromatic heterocycles. The molecule has 4 N–H and O–H groups in total. The second-order valence-electron chi connectivity index (χ2n) is 5.80. The van der Waals surface area contributed by atoms with Crippen LogP contribution in [0.3, 0.4) is 0 Å². The summed E-state index contributed by atoms with van der Waals surface area (Å²) in [5, 5.41) is 13.0. The SMILES string of the molecule is COc1cc(OC)cc(C(O)CNC(=O)C(N)c2ccc(C)cc2)c1.Cl. The van der Waals surface area contributed by atoms with Gasteiger partial charge in [-0.25, -0.2) is 0 Å². The summed E-state index contributed by atoms with van der Waals surface area (Å²) in [7, 11) is 3.07. The fourth-order valence-corrected chi connectivity index (χ4v) is 2.37. The van der Waals surface area contributed by atoms with Crippen LogP contribution >= 0.6 is 12.4 Å². The van der Waals surface area contributed by atoms with Gasteiger partial charge in [-0.2, -0.15) is 0 Å². The van der Waals surface area contributed by atoms with Gasteiger partial charge in [-0.05, 0) is 30.2 Å². The fraction of sp³-hybridized carbons (Fsp3) is 0.316. The third kappa shape index (κ3) is 5.62. The Bertz CT molecular complexity index is 700. The highest BCUT2D eigenvalue weighted by Gasteiger charge is 2.18. The number of nitrogens with one attached hydrogen (secondary N) is 1. The quantitative estimate of drug-likeness (QED) is 0.685. The molecule has 0 aliphatic carbocycles. The highest BCUT2D eigenvalue weighted by atomic mass is 35.5. The Labute approximate surface area is 159 Å². The number of methoxy groups -OCH3 is 2. The number of aliphatic hydroxyl groups is 1. The van der Waals surface area contributed by atoms with E-state index in [4.69, 9.17) is 15.2 Å². The standard InChI is InChI=1S/C19H24N2O4.ClH/c1-12-4-6-13(7-5-12)18(20)19(23)21-11-17(22)14-8-15(24-2)10-16(9-14)25-3;/h4-10,17-18,22H,11,20H2,1-3H3,(H,21,23);1H. The molecule has 0 saturated heterocycles. The number of ether oxygens (including phenoxy) is 2. The molecular formula is C19H25ClN2O4. The van der Waals surface area contributed by atoms with Gasteiger partial charge in [-0.15, -0.1) is 12.4 Å². The van der Waals surface area contributed by atoms with E-state index in [-0.39, 0.29) is 24.9 Å². The number of aryl methyl sites for hydroxylation is 1. The number of benzene rings is 2. The first-order valence-electron chi connectivity index (χ1n) is 7.95. The van der Waals surface area contributed by atoms with E-state index in [9.17, 15) is 9.90 Å². The maximum Gasteiger partial charge on any atom is 0.241 e. The molecule has 0 spiro atoms. The Hall–Kier alpha value is -2.28. The van der Waals surface area contributed by atoms with Crippen LogP contribution in [-0.2, 0) is 4.79 Å². The summed E-state index contributed by atoms with van der Waals surface area (Å²) >= 11 is 0. The molecule has 1 amide bonds. The van der Waals surface area contributed by atoms with Crippen LogP contribution in [0.5, 0.6) is 11.5 Å². The van der Waals surface area contributed by atoms with Crippen LogP contribution in [-0.4, -0.2) is 31.8 Å². The van der Waals surface area contributed by atoms with Gasteiger partial charge in [0.1, 0.15) is 17.5 Å². The number of rotatable bonds is 7. The maximum atomic E-state index is 12.2. The number of halogens is 1. The average molecular weight is 381 g/mol. The van der Waals surface area contributed by atoms with Gasteiger partial charge in [0, 0.05) is 12.6 Å². The largest absolute Gasteiger partial charge is 0.497 e. The van der Waals surface area contributed by atoms with Crippen molar-refractivity contribution in [3.05, 3.63) is 59.2 Å². The van der Waals surface area contributed by atoms with Crippen molar-refractivity contribution in [1.29, 1.82) is 0 Å². The highest BCUT2D eigenvalue weighted by molar-refractivity contribution is 5.85. The predicted molar refractivity (Wildman–Crippen MR) is 103 cm³/mol. The first kappa shape index (κ1) is 21.8. The minimum Gasteiger partial charge on any atom is -0.497 e. The van der Waals surface area contributed by atoms with Gasteiger partial charge >= 0.3 is 0 Å². The third-order valence-electron chi connectivity index (χ3n) is 3.95. The smallest absolute Gasteiger partial charge is 0.241 e. The number of aliphatic hydroxyl groups excluding tert-OH is 1. The van der Waals surface area contributed by atoms with Crippen molar-refractivity contribution < 1.29 is 19.4 Å². The maximum absolute atomic E-state index is 12.2. The highest BCUT2D eigenvalue weighted by Crippen LogP contribution is 2.26. The van der Waals surface area contributed by atoms with Gasteiger partial charge in [0.25, 0.3) is 0 Å². The summed E-state index contributed by atoms with van der Waals surface area (Å²) in [6, 6.07) is 11.8. The van der Waals surface area contributed by atoms with Gasteiger partial charge in [0.15, 0.2) is 0 Å². The zero-order valence-electron chi connectivity index (χ0n) is 15.1. The Morgan fingerprint density at radius 1 is 1.08 bits per heavy atom. The van der Waals surface area contributed by atoms with E-state index in [0.717, 1.165) is 11.1 Å². The molecule has 2 rings (SSSR count). The molecular weight excluding hydrogens is 356 g/mol. The first-order valence-corrected chi connectivity index (χ1v) is 7.95. The van der Waals surface area contributed by atoms with Gasteiger partial charge in [-0.3, -0.25) is 4.79 Å². The van der Waals surface area contributed by atoms with E-state index in [1.54, 1.807) is 18.2 Å². The molecule has 2 atom stereocenters. The lowest BCUT2D eigenvalue weighted by Crippen LogP contribution is -2.36. The lowest BCUT2D eigenvalue weighted by atomic mass is 10.0. The fourth-order valence-electron chi connectivity index (χ4n) is 2.37. The molecule has 2 aromatic carbocycles. The lowest BCUT2D eigenvalue weighted by molar-refractivity contribution is -0.122. The Balaban J connectivity index is 0.00000338. The monoisotopic (exact) mass is 380 g/mol. The number of hydrogen-bond acceptors (Lipinski definition) is 5. The lowest BCUT2D eigenvalue weighted by Gasteiger charge is -2.17. The molecule has 7 heteroatoms. The van der Waals surface area contributed by atoms with Crippen molar-refractivity contribution in [1.82, 2.24) is 5.32 Å².